The Labute approximate surface area is 204 Å². The quantitative estimate of drug-likeness (QED) is 0.509. The molecule has 7 nitrogen and oxygen atoms in total. The second-order valence-corrected chi connectivity index (χ2v) is 10.00. The van der Waals surface area contributed by atoms with Crippen molar-refractivity contribution in [2.45, 2.75) is 19.9 Å². The van der Waals surface area contributed by atoms with E-state index in [0.717, 1.165) is 42.4 Å². The van der Waals surface area contributed by atoms with Gasteiger partial charge >= 0.3 is 5.97 Å². The number of fused-ring (bicyclic) bond motifs is 1. The largest absolute Gasteiger partial charge is 0.463 e. The van der Waals surface area contributed by atoms with Crippen molar-refractivity contribution in [2.75, 3.05) is 37.8 Å². The van der Waals surface area contributed by atoms with E-state index in [-0.39, 0.29) is 12.2 Å². The molecule has 0 saturated carbocycles. The van der Waals surface area contributed by atoms with E-state index in [2.05, 4.69) is 22.0 Å². The zero-order valence-electron chi connectivity index (χ0n) is 19.0. The Kier molecular flexibility index (Phi) is 6.49. The number of thiazole rings is 1. The molecule has 34 heavy (non-hydrogen) atoms. The van der Waals surface area contributed by atoms with Crippen LogP contribution in [0.3, 0.4) is 0 Å². The van der Waals surface area contributed by atoms with Crippen LogP contribution in [-0.2, 0) is 14.3 Å². The lowest BCUT2D eigenvalue weighted by molar-refractivity contribution is -0.139. The fourth-order valence-corrected chi connectivity index (χ4v) is 6.13. The summed E-state index contributed by atoms with van der Waals surface area (Å²) < 4.78 is 13.0. The number of thiophene rings is 1. The molecule has 1 aromatic carbocycles. The second-order valence-electron chi connectivity index (χ2n) is 8.01. The van der Waals surface area contributed by atoms with E-state index in [1.807, 2.05) is 35.7 Å². The molecule has 1 saturated heterocycles. The number of morpholine rings is 1. The number of carbonyl (C=O) groups is 1. The minimum atomic E-state index is -0.541. The molecule has 5 rings (SSSR count). The van der Waals surface area contributed by atoms with Crippen molar-refractivity contribution in [2.24, 2.45) is 4.99 Å². The molecule has 1 atom stereocenters. The minimum Gasteiger partial charge on any atom is -0.463 e. The number of allylic oxidation sites excluding steroid dienone is 1. The van der Waals surface area contributed by atoms with Gasteiger partial charge in [-0.25, -0.2) is 9.79 Å². The van der Waals surface area contributed by atoms with Gasteiger partial charge in [0.25, 0.3) is 5.56 Å². The van der Waals surface area contributed by atoms with Crippen LogP contribution in [0.1, 0.15) is 30.3 Å². The van der Waals surface area contributed by atoms with Gasteiger partial charge in [0.2, 0.25) is 0 Å². The van der Waals surface area contributed by atoms with E-state index in [1.54, 1.807) is 18.4 Å². The number of rotatable bonds is 5. The topological polar surface area (TPSA) is 73.1 Å². The first kappa shape index (κ1) is 22.8. The summed E-state index contributed by atoms with van der Waals surface area (Å²) in [6.07, 6.45) is 1.89. The van der Waals surface area contributed by atoms with Crippen molar-refractivity contribution >= 4 is 40.4 Å². The molecular formula is C25H25N3O4S2. The molecule has 0 aliphatic carbocycles. The first-order valence-electron chi connectivity index (χ1n) is 11.2. The summed E-state index contributed by atoms with van der Waals surface area (Å²) in [5.74, 6) is -0.435. The van der Waals surface area contributed by atoms with Crippen LogP contribution in [0.15, 0.2) is 62.8 Å². The van der Waals surface area contributed by atoms with Gasteiger partial charge < -0.3 is 14.4 Å². The van der Waals surface area contributed by atoms with Gasteiger partial charge in [-0.3, -0.25) is 9.36 Å². The Balaban J connectivity index is 1.56. The summed E-state index contributed by atoms with van der Waals surface area (Å²) >= 11 is 2.85. The fourth-order valence-electron chi connectivity index (χ4n) is 4.26. The molecule has 2 aliphatic heterocycles. The number of anilines is 1. The maximum atomic E-state index is 13.6. The normalized spacial score (nSPS) is 18.6. The molecule has 4 heterocycles. The second kappa shape index (κ2) is 9.69. The van der Waals surface area contributed by atoms with Gasteiger partial charge in [-0.15, -0.1) is 11.3 Å². The number of hydrogen-bond donors (Lipinski definition) is 0. The molecule has 0 bridgehead atoms. The third-order valence-electron chi connectivity index (χ3n) is 5.90. The summed E-state index contributed by atoms with van der Waals surface area (Å²) in [5.41, 5.74) is 2.93. The molecule has 0 N–H and O–H groups in total. The van der Waals surface area contributed by atoms with E-state index in [4.69, 9.17) is 9.47 Å². The van der Waals surface area contributed by atoms with Crippen molar-refractivity contribution < 1.29 is 14.3 Å². The number of hydrogen-bond acceptors (Lipinski definition) is 8. The summed E-state index contributed by atoms with van der Waals surface area (Å²) in [5, 5.41) is 1.94. The van der Waals surface area contributed by atoms with Crippen molar-refractivity contribution in [3.8, 4) is 0 Å². The zero-order chi connectivity index (χ0) is 23.7. The van der Waals surface area contributed by atoms with Crippen molar-refractivity contribution in [3.63, 3.8) is 0 Å². The van der Waals surface area contributed by atoms with Crippen LogP contribution in [0.4, 0.5) is 5.69 Å². The fraction of sp³-hybridized carbons (Fsp3) is 0.320. The first-order valence-corrected chi connectivity index (χ1v) is 12.9. The highest BCUT2D eigenvalue weighted by atomic mass is 32.1. The predicted octanol–water partition coefficient (Wildman–Crippen LogP) is 2.70. The summed E-state index contributed by atoms with van der Waals surface area (Å²) in [4.78, 5) is 34.8. The molecule has 2 aliphatic rings. The molecule has 0 radical (unpaired) electrons. The predicted molar refractivity (Wildman–Crippen MR) is 134 cm³/mol. The van der Waals surface area contributed by atoms with Gasteiger partial charge in [-0.2, -0.15) is 0 Å². The summed E-state index contributed by atoms with van der Waals surface area (Å²) in [6, 6.07) is 11.5. The smallest absolute Gasteiger partial charge is 0.338 e. The number of carbonyl (C=O) groups excluding carboxylic acids is 1. The van der Waals surface area contributed by atoms with E-state index in [9.17, 15) is 9.59 Å². The Morgan fingerprint density at radius 2 is 2.00 bits per heavy atom. The monoisotopic (exact) mass is 495 g/mol. The van der Waals surface area contributed by atoms with Crippen LogP contribution in [0.5, 0.6) is 0 Å². The molecule has 1 fully saturated rings. The molecule has 0 spiro atoms. The van der Waals surface area contributed by atoms with Crippen LogP contribution in [-0.4, -0.2) is 43.4 Å². The Morgan fingerprint density at radius 3 is 2.68 bits per heavy atom. The number of nitrogens with zero attached hydrogens (tertiary/aromatic N) is 3. The molecular weight excluding hydrogens is 470 g/mol. The van der Waals surface area contributed by atoms with E-state index in [1.165, 1.54) is 22.7 Å². The Hall–Kier alpha value is -3.01. The highest BCUT2D eigenvalue weighted by molar-refractivity contribution is 7.10. The van der Waals surface area contributed by atoms with Crippen LogP contribution in [0.2, 0.25) is 0 Å². The molecule has 3 aromatic rings. The van der Waals surface area contributed by atoms with Gasteiger partial charge in [0.05, 0.1) is 35.6 Å². The van der Waals surface area contributed by atoms with E-state index in [0.29, 0.717) is 20.6 Å². The van der Waals surface area contributed by atoms with Crippen molar-refractivity contribution in [3.05, 3.63) is 83.2 Å². The molecule has 1 unspecified atom stereocenters. The number of aromatic nitrogens is 1. The maximum absolute atomic E-state index is 13.6. The summed E-state index contributed by atoms with van der Waals surface area (Å²) in [6.45, 7) is 7.06. The minimum absolute atomic E-state index is 0.159. The first-order chi connectivity index (χ1) is 16.6. The van der Waals surface area contributed by atoms with Crippen LogP contribution in [0, 0.1) is 0 Å². The van der Waals surface area contributed by atoms with Crippen LogP contribution < -0.4 is 19.8 Å². The zero-order valence-corrected chi connectivity index (χ0v) is 20.7. The summed E-state index contributed by atoms with van der Waals surface area (Å²) in [7, 11) is 0. The lowest BCUT2D eigenvalue weighted by Gasteiger charge is -2.28. The van der Waals surface area contributed by atoms with Crippen LogP contribution >= 0.6 is 22.7 Å². The molecule has 9 heteroatoms. The highest BCUT2D eigenvalue weighted by Crippen LogP contribution is 2.33. The maximum Gasteiger partial charge on any atom is 0.338 e. The van der Waals surface area contributed by atoms with Crippen LogP contribution in [0.25, 0.3) is 6.08 Å². The number of benzene rings is 1. The van der Waals surface area contributed by atoms with Gasteiger partial charge in [0.1, 0.15) is 6.04 Å². The molecule has 0 amide bonds. The van der Waals surface area contributed by atoms with E-state index < -0.39 is 12.0 Å². The lowest BCUT2D eigenvalue weighted by atomic mass is 10.0. The van der Waals surface area contributed by atoms with Gasteiger partial charge in [0, 0.05) is 23.7 Å². The standard InChI is InChI=1S/C25H25N3O4S2/c1-3-32-24(30)21-16(2)26-25-28(22(21)19-5-4-14-33-19)23(29)20(34-25)15-17-6-8-18(9-7-17)27-10-12-31-13-11-27/h4-9,14-15,22H,3,10-13H2,1-2H3/b20-15+. The molecule has 176 valence electrons. The van der Waals surface area contributed by atoms with Gasteiger partial charge in [0.15, 0.2) is 4.80 Å². The number of ether oxygens (including phenoxy) is 2. The van der Waals surface area contributed by atoms with Crippen molar-refractivity contribution in [1.29, 1.82) is 0 Å². The Bertz CT molecular complexity index is 1400. The average Bonchev–Trinajstić information content (AvgIpc) is 3.48. The molecule has 2 aromatic heterocycles. The third-order valence-corrected chi connectivity index (χ3v) is 7.80. The Morgan fingerprint density at radius 1 is 1.24 bits per heavy atom. The lowest BCUT2D eigenvalue weighted by Crippen LogP contribution is -2.39. The third kappa shape index (κ3) is 4.26. The SMILES string of the molecule is CCOC(=O)C1=C(C)N=c2s/c(=C/c3ccc(N4CCOCC4)cc3)c(=O)n2C1c1cccs1. The van der Waals surface area contributed by atoms with Gasteiger partial charge in [-0.05, 0) is 49.1 Å². The average molecular weight is 496 g/mol. The van der Waals surface area contributed by atoms with E-state index >= 15 is 0 Å². The highest BCUT2D eigenvalue weighted by Gasteiger charge is 2.33. The van der Waals surface area contributed by atoms with Gasteiger partial charge in [-0.1, -0.05) is 29.5 Å². The van der Waals surface area contributed by atoms with Crippen molar-refractivity contribution in [1.82, 2.24) is 4.57 Å². The number of esters is 1.